The van der Waals surface area contributed by atoms with Crippen LogP contribution in [-0.4, -0.2) is 65.7 Å². The summed E-state index contributed by atoms with van der Waals surface area (Å²) in [6, 6.07) is 0. The molecule has 55 heavy (non-hydrogen) atoms. The molecular formula is C44H77O10P. The Balaban J connectivity index is 4.43. The minimum Gasteiger partial charge on any atom is -0.462 e. The van der Waals surface area contributed by atoms with Crippen LogP contribution in [-0.2, 0) is 32.7 Å². The molecule has 0 aliphatic heterocycles. The SMILES string of the molecule is CCCCCC=CCC=CCC=CCC=CCCCC(=O)O[C@H](COC(=O)CCCCCCCCCC=CCCCCCC)COP(=O)(O)OC[C@@H](O)CO. The molecule has 0 amide bonds. The van der Waals surface area contributed by atoms with E-state index >= 15 is 0 Å². The molecule has 0 bridgehead atoms. The van der Waals surface area contributed by atoms with E-state index in [4.69, 9.17) is 19.1 Å². The van der Waals surface area contributed by atoms with Gasteiger partial charge in [0.15, 0.2) is 6.10 Å². The number of esters is 2. The molecule has 0 rings (SSSR count). The molecule has 0 heterocycles. The van der Waals surface area contributed by atoms with Gasteiger partial charge in [-0.1, -0.05) is 139 Å². The minimum absolute atomic E-state index is 0.105. The van der Waals surface area contributed by atoms with Crippen LogP contribution < -0.4 is 0 Å². The highest BCUT2D eigenvalue weighted by Crippen LogP contribution is 2.43. The fourth-order valence-electron chi connectivity index (χ4n) is 5.33. The van der Waals surface area contributed by atoms with E-state index in [0.717, 1.165) is 51.4 Å². The summed E-state index contributed by atoms with van der Waals surface area (Å²) in [6.07, 6.45) is 43.3. The van der Waals surface area contributed by atoms with E-state index < -0.39 is 51.8 Å². The van der Waals surface area contributed by atoms with Gasteiger partial charge in [-0.25, -0.2) is 4.57 Å². The third kappa shape index (κ3) is 39.7. The fraction of sp³-hybridized carbons (Fsp3) is 0.727. The van der Waals surface area contributed by atoms with Crippen LogP contribution in [0.2, 0.25) is 0 Å². The van der Waals surface area contributed by atoms with Gasteiger partial charge < -0.3 is 24.6 Å². The van der Waals surface area contributed by atoms with Crippen LogP contribution in [0.3, 0.4) is 0 Å². The number of carbonyl (C=O) groups is 2. The number of ether oxygens (including phenoxy) is 2. The van der Waals surface area contributed by atoms with Crippen molar-refractivity contribution in [1.29, 1.82) is 0 Å². The summed E-state index contributed by atoms with van der Waals surface area (Å²) in [4.78, 5) is 34.9. The number of hydrogen-bond acceptors (Lipinski definition) is 9. The first-order chi connectivity index (χ1) is 26.7. The largest absolute Gasteiger partial charge is 0.472 e. The summed E-state index contributed by atoms with van der Waals surface area (Å²) < 4.78 is 32.6. The molecule has 0 aromatic heterocycles. The van der Waals surface area contributed by atoms with Crippen molar-refractivity contribution in [2.45, 2.75) is 180 Å². The summed E-state index contributed by atoms with van der Waals surface area (Å²) in [7, 11) is -4.63. The first-order valence-electron chi connectivity index (χ1n) is 21.2. The summed E-state index contributed by atoms with van der Waals surface area (Å²) in [5.41, 5.74) is 0. The number of carbonyl (C=O) groups excluding carboxylic acids is 2. The molecule has 0 aromatic rings. The lowest BCUT2D eigenvalue weighted by Crippen LogP contribution is -2.29. The van der Waals surface area contributed by atoms with Crippen LogP contribution in [0.25, 0.3) is 0 Å². The Labute approximate surface area is 334 Å². The molecule has 0 saturated carbocycles. The summed E-state index contributed by atoms with van der Waals surface area (Å²) in [5, 5.41) is 18.3. The smallest absolute Gasteiger partial charge is 0.462 e. The minimum atomic E-state index is -4.63. The van der Waals surface area contributed by atoms with E-state index in [1.54, 1.807) is 0 Å². The Morgan fingerprint density at radius 3 is 1.53 bits per heavy atom. The molecule has 0 aliphatic rings. The Morgan fingerprint density at radius 2 is 0.964 bits per heavy atom. The van der Waals surface area contributed by atoms with Gasteiger partial charge in [-0.15, -0.1) is 0 Å². The van der Waals surface area contributed by atoms with Crippen molar-refractivity contribution in [3.8, 4) is 0 Å². The summed E-state index contributed by atoms with van der Waals surface area (Å²) >= 11 is 0. The first kappa shape index (κ1) is 52.7. The highest BCUT2D eigenvalue weighted by molar-refractivity contribution is 7.47. The average Bonchev–Trinajstić information content (AvgIpc) is 3.17. The maximum absolute atomic E-state index is 12.6. The number of unbranched alkanes of at least 4 members (excludes halogenated alkanes) is 15. The highest BCUT2D eigenvalue weighted by Gasteiger charge is 2.27. The zero-order valence-electron chi connectivity index (χ0n) is 34.4. The lowest BCUT2D eigenvalue weighted by atomic mass is 10.1. The third-order valence-electron chi connectivity index (χ3n) is 8.64. The molecule has 0 fully saturated rings. The number of allylic oxidation sites excluding steroid dienone is 10. The van der Waals surface area contributed by atoms with Crippen molar-refractivity contribution in [3.63, 3.8) is 0 Å². The van der Waals surface area contributed by atoms with E-state index in [-0.39, 0.29) is 19.4 Å². The third-order valence-corrected chi connectivity index (χ3v) is 9.60. The van der Waals surface area contributed by atoms with Crippen molar-refractivity contribution >= 4 is 19.8 Å². The predicted molar refractivity (Wildman–Crippen MR) is 224 cm³/mol. The predicted octanol–water partition coefficient (Wildman–Crippen LogP) is 11.1. The fourth-order valence-corrected chi connectivity index (χ4v) is 6.12. The molecule has 0 saturated heterocycles. The van der Waals surface area contributed by atoms with E-state index in [0.29, 0.717) is 19.3 Å². The number of aliphatic hydroxyl groups excluding tert-OH is 2. The van der Waals surface area contributed by atoms with E-state index in [2.05, 4.69) is 67.0 Å². The maximum atomic E-state index is 12.6. The molecule has 11 heteroatoms. The van der Waals surface area contributed by atoms with Crippen molar-refractivity contribution in [2.75, 3.05) is 26.4 Å². The second-order valence-electron chi connectivity index (χ2n) is 14.0. The number of hydrogen-bond donors (Lipinski definition) is 3. The van der Waals surface area contributed by atoms with Gasteiger partial charge in [0.05, 0.1) is 19.8 Å². The van der Waals surface area contributed by atoms with E-state index in [1.165, 1.54) is 70.6 Å². The molecule has 0 aliphatic carbocycles. The topological polar surface area (TPSA) is 149 Å². The molecule has 0 aromatic carbocycles. The Morgan fingerprint density at radius 1 is 0.545 bits per heavy atom. The molecule has 0 radical (unpaired) electrons. The second-order valence-corrected chi connectivity index (χ2v) is 15.5. The molecule has 10 nitrogen and oxygen atoms in total. The van der Waals surface area contributed by atoms with Crippen molar-refractivity contribution < 1.29 is 47.8 Å². The molecule has 3 N–H and O–H groups in total. The van der Waals surface area contributed by atoms with E-state index in [1.807, 2.05) is 12.2 Å². The van der Waals surface area contributed by atoms with Crippen LogP contribution in [0, 0.1) is 0 Å². The zero-order chi connectivity index (χ0) is 40.5. The number of phosphoric acid groups is 1. The summed E-state index contributed by atoms with van der Waals surface area (Å²) in [6.45, 7) is 2.26. The van der Waals surface area contributed by atoms with Gasteiger partial charge in [-0.05, 0) is 77.0 Å². The molecule has 318 valence electrons. The highest BCUT2D eigenvalue weighted by atomic mass is 31.2. The van der Waals surface area contributed by atoms with Crippen LogP contribution in [0.1, 0.15) is 168 Å². The summed E-state index contributed by atoms with van der Waals surface area (Å²) in [5.74, 6) is -0.999. The maximum Gasteiger partial charge on any atom is 0.472 e. The van der Waals surface area contributed by atoms with Gasteiger partial charge >= 0.3 is 19.8 Å². The molecular weight excluding hydrogens is 719 g/mol. The molecule has 1 unspecified atom stereocenters. The van der Waals surface area contributed by atoms with Gasteiger partial charge in [0.2, 0.25) is 0 Å². The van der Waals surface area contributed by atoms with Crippen molar-refractivity contribution in [2.24, 2.45) is 0 Å². The van der Waals surface area contributed by atoms with Crippen LogP contribution >= 0.6 is 7.82 Å². The average molecular weight is 797 g/mol. The van der Waals surface area contributed by atoms with Crippen LogP contribution in [0.15, 0.2) is 60.8 Å². The van der Waals surface area contributed by atoms with Gasteiger partial charge in [-0.2, -0.15) is 0 Å². The Kier molecular flexibility index (Phi) is 38.2. The zero-order valence-corrected chi connectivity index (χ0v) is 35.3. The van der Waals surface area contributed by atoms with E-state index in [9.17, 15) is 24.2 Å². The Hall–Kier alpha value is -2.33. The van der Waals surface area contributed by atoms with Gasteiger partial charge in [0.1, 0.15) is 12.7 Å². The van der Waals surface area contributed by atoms with Gasteiger partial charge in [-0.3, -0.25) is 18.6 Å². The van der Waals surface area contributed by atoms with Crippen molar-refractivity contribution in [1.82, 2.24) is 0 Å². The lowest BCUT2D eigenvalue weighted by molar-refractivity contribution is -0.161. The molecule has 0 spiro atoms. The monoisotopic (exact) mass is 797 g/mol. The van der Waals surface area contributed by atoms with Gasteiger partial charge in [0.25, 0.3) is 0 Å². The lowest BCUT2D eigenvalue weighted by Gasteiger charge is -2.20. The number of phosphoric ester groups is 1. The number of aliphatic hydroxyl groups is 2. The van der Waals surface area contributed by atoms with Crippen LogP contribution in [0.5, 0.6) is 0 Å². The van der Waals surface area contributed by atoms with Crippen molar-refractivity contribution in [3.05, 3.63) is 60.8 Å². The normalized spacial score (nSPS) is 14.5. The molecule has 3 atom stereocenters. The first-order valence-corrected chi connectivity index (χ1v) is 22.7. The van der Waals surface area contributed by atoms with Crippen LogP contribution in [0.4, 0.5) is 0 Å². The quantitative estimate of drug-likeness (QED) is 0.0237. The number of rotatable bonds is 39. The standard InChI is InChI=1S/C44H77O10P/c1-3-5-7-9-11-13-15-17-19-20-22-24-26-28-30-32-34-36-44(48)54-42(40-53-55(49,50)52-38-41(46)37-45)39-51-43(47)35-33-31-29-27-25-23-21-18-16-14-12-10-8-6-4-2/h11,13-14,16-17,19,22,24,28,30,41-42,45-46H,3-10,12,15,18,20-21,23,25-27,29,31-40H2,1-2H3,(H,49,50)/t41-,42+/m0/s1. The second kappa shape index (κ2) is 39.9. The Bertz CT molecular complexity index is 1100. The van der Waals surface area contributed by atoms with Gasteiger partial charge in [0, 0.05) is 12.8 Å².